The van der Waals surface area contributed by atoms with Gasteiger partial charge >= 0.3 is 0 Å². The van der Waals surface area contributed by atoms with Gasteiger partial charge < -0.3 is 30.3 Å². The quantitative estimate of drug-likeness (QED) is 0.318. The molecular formula is C25H28O7. The number of phenols is 4. The Morgan fingerprint density at radius 1 is 1.16 bits per heavy atom. The molecule has 1 aliphatic rings. The maximum Gasteiger partial charge on any atom is 0.174 e. The average molecular weight is 440 g/mol. The zero-order valence-corrected chi connectivity index (χ0v) is 18.1. The van der Waals surface area contributed by atoms with Crippen LogP contribution in [0.15, 0.2) is 48.1 Å². The predicted octanol–water partition coefficient (Wildman–Crippen LogP) is 4.42. The van der Waals surface area contributed by atoms with E-state index in [9.17, 15) is 30.3 Å². The number of hydrogen-bond acceptors (Lipinski definition) is 7. The molecule has 0 unspecified atom stereocenters. The zero-order valence-electron chi connectivity index (χ0n) is 18.1. The van der Waals surface area contributed by atoms with E-state index in [1.54, 1.807) is 6.92 Å². The van der Waals surface area contributed by atoms with E-state index < -0.39 is 12.2 Å². The summed E-state index contributed by atoms with van der Waals surface area (Å²) in [7, 11) is 0. The molecule has 170 valence electrons. The highest BCUT2D eigenvalue weighted by molar-refractivity contribution is 6.03. The normalized spacial score (nSPS) is 16.9. The molecule has 1 aliphatic heterocycles. The van der Waals surface area contributed by atoms with Gasteiger partial charge in [-0.25, -0.2) is 0 Å². The Kier molecular flexibility index (Phi) is 6.79. The largest absolute Gasteiger partial charge is 0.507 e. The first-order valence-corrected chi connectivity index (χ1v) is 10.4. The lowest BCUT2D eigenvalue weighted by Gasteiger charge is -2.27. The molecule has 7 nitrogen and oxygen atoms in total. The third-order valence-corrected chi connectivity index (χ3v) is 5.67. The molecule has 0 spiro atoms. The molecule has 5 N–H and O–H groups in total. The van der Waals surface area contributed by atoms with E-state index in [2.05, 4.69) is 6.58 Å². The summed E-state index contributed by atoms with van der Waals surface area (Å²) >= 11 is 0. The molecule has 0 aliphatic carbocycles. The second kappa shape index (κ2) is 9.36. The van der Waals surface area contributed by atoms with Crippen molar-refractivity contribution >= 4 is 5.78 Å². The van der Waals surface area contributed by atoms with Crippen molar-refractivity contribution < 1.29 is 35.1 Å². The fourth-order valence-corrected chi connectivity index (χ4v) is 3.62. The van der Waals surface area contributed by atoms with Crippen LogP contribution in [0.5, 0.6) is 28.7 Å². The molecule has 0 saturated carbocycles. The van der Waals surface area contributed by atoms with Gasteiger partial charge in [0.25, 0.3) is 0 Å². The predicted molar refractivity (Wildman–Crippen MR) is 119 cm³/mol. The molecule has 2 aromatic rings. The molecule has 0 fully saturated rings. The minimum atomic E-state index is -0.729. The molecule has 2 atom stereocenters. The summed E-state index contributed by atoms with van der Waals surface area (Å²) in [4.78, 5) is 12.8. The van der Waals surface area contributed by atoms with Crippen LogP contribution in [0.25, 0.3) is 0 Å². The van der Waals surface area contributed by atoms with Crippen molar-refractivity contribution in [2.75, 3.05) is 0 Å². The highest BCUT2D eigenvalue weighted by Gasteiger charge is 2.32. The van der Waals surface area contributed by atoms with Gasteiger partial charge in [0.1, 0.15) is 28.9 Å². The molecule has 0 saturated heterocycles. The van der Waals surface area contributed by atoms with Crippen molar-refractivity contribution in [1.82, 2.24) is 0 Å². The first kappa shape index (κ1) is 23.2. The van der Waals surface area contributed by atoms with Crippen molar-refractivity contribution in [3.63, 3.8) is 0 Å². The summed E-state index contributed by atoms with van der Waals surface area (Å²) in [6.07, 6.45) is 1.83. The van der Waals surface area contributed by atoms with Crippen LogP contribution in [0.3, 0.4) is 0 Å². The summed E-state index contributed by atoms with van der Waals surface area (Å²) in [6.45, 7) is 7.38. The summed E-state index contributed by atoms with van der Waals surface area (Å²) in [5.41, 5.74) is 2.39. The minimum Gasteiger partial charge on any atom is -0.507 e. The van der Waals surface area contributed by atoms with Crippen LogP contribution in [-0.4, -0.2) is 37.4 Å². The Morgan fingerprint density at radius 3 is 2.53 bits per heavy atom. The van der Waals surface area contributed by atoms with Crippen LogP contribution in [0.1, 0.15) is 60.7 Å². The van der Waals surface area contributed by atoms with Crippen LogP contribution >= 0.6 is 0 Å². The van der Waals surface area contributed by atoms with Gasteiger partial charge in [-0.1, -0.05) is 29.9 Å². The Labute approximate surface area is 186 Å². The number of aliphatic hydroxyl groups excluding tert-OH is 1. The zero-order chi connectivity index (χ0) is 23.6. The number of ketones is 1. The van der Waals surface area contributed by atoms with Crippen molar-refractivity contribution in [1.29, 1.82) is 0 Å². The maximum atomic E-state index is 12.8. The number of benzene rings is 2. The van der Waals surface area contributed by atoms with Gasteiger partial charge in [-0.05, 0) is 50.8 Å². The molecule has 0 bridgehead atoms. The van der Waals surface area contributed by atoms with Gasteiger partial charge in [0.15, 0.2) is 17.3 Å². The van der Waals surface area contributed by atoms with E-state index in [0.29, 0.717) is 24.0 Å². The number of carbonyl (C=O) groups excluding carboxylic acids is 1. The number of allylic oxidation sites excluding steroid dienone is 2. The standard InChI is InChI=1S/C25H28O7/c1-13(2)17(26)8-5-14(3)4-7-16-19(28)11-23-24(25(16)31)21(30)12-22(32-23)15-6-9-18(27)20(29)10-15/h4,6,9-11,17,22,26-29,31H,1,5,7-8,12H2,2-3H3/t17-,22+/m1/s1. The average Bonchev–Trinajstić information content (AvgIpc) is 2.72. The molecule has 0 aromatic heterocycles. The highest BCUT2D eigenvalue weighted by atomic mass is 16.5. The smallest absolute Gasteiger partial charge is 0.174 e. The Morgan fingerprint density at radius 2 is 1.88 bits per heavy atom. The summed E-state index contributed by atoms with van der Waals surface area (Å²) in [6, 6.07) is 5.45. The second-order valence-electron chi connectivity index (χ2n) is 8.23. The highest BCUT2D eigenvalue weighted by Crippen LogP contribution is 2.45. The molecule has 7 heteroatoms. The van der Waals surface area contributed by atoms with Crippen molar-refractivity contribution in [3.8, 4) is 28.7 Å². The fraction of sp³-hybridized carbons (Fsp3) is 0.320. The Balaban J connectivity index is 1.81. The number of Topliss-reactive ketones (excluding diaryl/α,β-unsaturated/α-hetero) is 1. The van der Waals surface area contributed by atoms with Gasteiger partial charge in [0, 0.05) is 11.6 Å². The first-order chi connectivity index (χ1) is 15.1. The number of carbonyl (C=O) groups is 1. The van der Waals surface area contributed by atoms with Gasteiger partial charge in [-0.15, -0.1) is 0 Å². The lowest BCUT2D eigenvalue weighted by molar-refractivity contribution is 0.0844. The van der Waals surface area contributed by atoms with E-state index in [0.717, 1.165) is 5.57 Å². The Hall–Kier alpha value is -3.45. The number of phenolic OH excluding ortho intramolecular Hbond substituents is 4. The minimum absolute atomic E-state index is 0.0146. The van der Waals surface area contributed by atoms with Crippen LogP contribution in [-0.2, 0) is 6.42 Å². The topological polar surface area (TPSA) is 127 Å². The van der Waals surface area contributed by atoms with Gasteiger partial charge in [-0.3, -0.25) is 4.79 Å². The van der Waals surface area contributed by atoms with Crippen LogP contribution in [0.2, 0.25) is 0 Å². The monoisotopic (exact) mass is 440 g/mol. The fourth-order valence-electron chi connectivity index (χ4n) is 3.62. The number of ether oxygens (including phenoxy) is 1. The number of aliphatic hydroxyl groups is 1. The van der Waals surface area contributed by atoms with Crippen LogP contribution in [0, 0.1) is 0 Å². The number of aromatic hydroxyl groups is 4. The number of hydrogen-bond donors (Lipinski definition) is 5. The maximum absolute atomic E-state index is 12.8. The van der Waals surface area contributed by atoms with Crippen LogP contribution in [0.4, 0.5) is 0 Å². The molecule has 3 rings (SSSR count). The van der Waals surface area contributed by atoms with Crippen LogP contribution < -0.4 is 4.74 Å². The molecular weight excluding hydrogens is 412 g/mol. The van der Waals surface area contributed by atoms with E-state index in [-0.39, 0.29) is 58.5 Å². The molecule has 0 amide bonds. The summed E-state index contributed by atoms with van der Waals surface area (Å²) < 4.78 is 5.83. The molecule has 2 aromatic carbocycles. The van der Waals surface area contributed by atoms with Gasteiger partial charge in [0.2, 0.25) is 0 Å². The number of fused-ring (bicyclic) bond motifs is 1. The van der Waals surface area contributed by atoms with E-state index in [4.69, 9.17) is 4.74 Å². The van der Waals surface area contributed by atoms with E-state index >= 15 is 0 Å². The third kappa shape index (κ3) is 4.89. The molecule has 1 heterocycles. The van der Waals surface area contributed by atoms with E-state index in [1.807, 2.05) is 13.0 Å². The SMILES string of the molecule is C=C(C)[C@H](O)CCC(C)=CCc1c(O)cc2c(c1O)C(=O)C[C@@H](c1ccc(O)c(O)c1)O2. The summed E-state index contributed by atoms with van der Waals surface area (Å²) in [5.74, 6) is -1.43. The van der Waals surface area contributed by atoms with E-state index in [1.165, 1.54) is 24.3 Å². The van der Waals surface area contributed by atoms with Gasteiger partial charge in [0.05, 0.1) is 12.5 Å². The first-order valence-electron chi connectivity index (χ1n) is 10.4. The number of rotatable bonds is 7. The lowest BCUT2D eigenvalue weighted by Crippen LogP contribution is -2.21. The second-order valence-corrected chi connectivity index (χ2v) is 8.23. The van der Waals surface area contributed by atoms with Crippen molar-refractivity contribution in [2.24, 2.45) is 0 Å². The summed E-state index contributed by atoms with van der Waals surface area (Å²) in [5, 5.41) is 50.2. The Bertz CT molecular complexity index is 1080. The molecule has 32 heavy (non-hydrogen) atoms. The third-order valence-electron chi connectivity index (χ3n) is 5.67. The molecule has 0 radical (unpaired) electrons. The van der Waals surface area contributed by atoms with Gasteiger partial charge in [-0.2, -0.15) is 0 Å². The van der Waals surface area contributed by atoms with Crippen molar-refractivity contribution in [2.45, 2.75) is 51.7 Å². The van der Waals surface area contributed by atoms with Crippen molar-refractivity contribution in [3.05, 3.63) is 64.8 Å². The lowest BCUT2D eigenvalue weighted by atomic mass is 9.92.